The van der Waals surface area contributed by atoms with Gasteiger partial charge in [0.1, 0.15) is 6.10 Å². The van der Waals surface area contributed by atoms with E-state index in [1.807, 2.05) is 19.1 Å². The van der Waals surface area contributed by atoms with Crippen LogP contribution in [0, 0.1) is 11.8 Å². The minimum absolute atomic E-state index is 0.116. The minimum Gasteiger partial charge on any atom is -0.449 e. The van der Waals surface area contributed by atoms with Crippen LogP contribution in [0.4, 0.5) is 0 Å². The van der Waals surface area contributed by atoms with Crippen molar-refractivity contribution in [3.05, 3.63) is 12.2 Å². The van der Waals surface area contributed by atoms with Crippen LogP contribution in [0.5, 0.6) is 0 Å². The highest BCUT2D eigenvalue weighted by Crippen LogP contribution is 2.08. The van der Waals surface area contributed by atoms with Gasteiger partial charge in [0, 0.05) is 5.92 Å². The summed E-state index contributed by atoms with van der Waals surface area (Å²) in [6.07, 6.45) is 8.01. The molecule has 0 saturated carbocycles. The van der Waals surface area contributed by atoms with Gasteiger partial charge in [0.25, 0.3) is 0 Å². The van der Waals surface area contributed by atoms with Gasteiger partial charge in [-0.1, -0.05) is 31.8 Å². The summed E-state index contributed by atoms with van der Waals surface area (Å²) in [6, 6.07) is 0. The molecule has 0 bridgehead atoms. The van der Waals surface area contributed by atoms with Gasteiger partial charge >= 0.3 is 5.97 Å². The molecule has 2 heteroatoms. The van der Waals surface area contributed by atoms with Gasteiger partial charge in [-0.25, -0.2) is 4.79 Å². The first-order valence-electron chi connectivity index (χ1n) is 5.50. The topological polar surface area (TPSA) is 26.3 Å². The van der Waals surface area contributed by atoms with Crippen molar-refractivity contribution in [2.45, 2.75) is 52.6 Å². The summed E-state index contributed by atoms with van der Waals surface area (Å²) in [5, 5.41) is 0. The quantitative estimate of drug-likeness (QED) is 0.220. The molecule has 0 saturated heterocycles. The van der Waals surface area contributed by atoms with Crippen molar-refractivity contribution in [3.63, 3.8) is 0 Å². The fourth-order valence-corrected chi connectivity index (χ4v) is 1.27. The molecular weight excluding hydrogens is 188 g/mol. The predicted molar refractivity (Wildman–Crippen MR) is 62.3 cm³/mol. The lowest BCUT2D eigenvalue weighted by Crippen LogP contribution is -2.14. The van der Waals surface area contributed by atoms with Crippen molar-refractivity contribution in [3.8, 4) is 11.8 Å². The number of esters is 1. The van der Waals surface area contributed by atoms with Crippen LogP contribution in [-0.2, 0) is 9.53 Å². The van der Waals surface area contributed by atoms with Gasteiger partial charge in [0.05, 0.1) is 0 Å². The zero-order valence-electron chi connectivity index (χ0n) is 9.88. The molecule has 0 rings (SSSR count). The van der Waals surface area contributed by atoms with Crippen LogP contribution in [0.25, 0.3) is 0 Å². The molecule has 0 aliphatic rings. The Labute approximate surface area is 92.7 Å². The van der Waals surface area contributed by atoms with E-state index in [0.29, 0.717) is 0 Å². The zero-order valence-corrected chi connectivity index (χ0v) is 9.88. The van der Waals surface area contributed by atoms with Gasteiger partial charge in [-0.2, -0.15) is 0 Å². The molecule has 15 heavy (non-hydrogen) atoms. The van der Waals surface area contributed by atoms with Crippen LogP contribution in [0.2, 0.25) is 0 Å². The van der Waals surface area contributed by atoms with Crippen molar-refractivity contribution >= 4 is 5.97 Å². The van der Waals surface area contributed by atoms with Crippen LogP contribution in [0.15, 0.2) is 12.2 Å². The number of hydrogen-bond donors (Lipinski definition) is 0. The van der Waals surface area contributed by atoms with Gasteiger partial charge in [-0.3, -0.25) is 0 Å². The third-order valence-corrected chi connectivity index (χ3v) is 1.98. The van der Waals surface area contributed by atoms with E-state index in [2.05, 4.69) is 18.8 Å². The van der Waals surface area contributed by atoms with E-state index >= 15 is 0 Å². The molecule has 0 N–H and O–H groups in total. The number of ether oxygens (including phenoxy) is 1. The Hall–Kier alpha value is -1.23. The maximum atomic E-state index is 11.1. The third kappa shape index (κ3) is 7.81. The van der Waals surface area contributed by atoms with E-state index in [-0.39, 0.29) is 6.10 Å². The standard InChI is InChI=1S/C13H20O2/c1-4-7-8-11-12(9-5-2)15-13(14)10-6-3/h5,9,12H,4,7-8,11H2,1-3H3/b9-5+/t12-/m1/s1. The smallest absolute Gasteiger partial charge is 0.384 e. The lowest BCUT2D eigenvalue weighted by Gasteiger charge is -2.11. The third-order valence-electron chi connectivity index (χ3n) is 1.98. The number of allylic oxidation sites excluding steroid dienone is 1. The Morgan fingerprint density at radius 1 is 1.47 bits per heavy atom. The normalized spacial score (nSPS) is 11.9. The molecule has 0 spiro atoms. The van der Waals surface area contributed by atoms with Gasteiger partial charge < -0.3 is 4.74 Å². The Bertz CT molecular complexity index is 255. The highest BCUT2D eigenvalue weighted by atomic mass is 16.5. The highest BCUT2D eigenvalue weighted by molar-refractivity contribution is 5.88. The maximum Gasteiger partial charge on any atom is 0.384 e. The summed E-state index contributed by atoms with van der Waals surface area (Å²) >= 11 is 0. The minimum atomic E-state index is -0.433. The molecule has 2 nitrogen and oxygen atoms in total. The second-order valence-corrected chi connectivity index (χ2v) is 3.34. The first-order valence-corrected chi connectivity index (χ1v) is 5.50. The van der Waals surface area contributed by atoms with Gasteiger partial charge in [-0.15, -0.1) is 0 Å². The van der Waals surface area contributed by atoms with Crippen LogP contribution >= 0.6 is 0 Å². The average molecular weight is 208 g/mol. The molecule has 0 radical (unpaired) electrons. The van der Waals surface area contributed by atoms with E-state index in [1.165, 1.54) is 12.8 Å². The molecule has 0 unspecified atom stereocenters. The molecule has 0 fully saturated rings. The molecular formula is C13H20O2. The summed E-state index contributed by atoms with van der Waals surface area (Å²) in [4.78, 5) is 11.1. The van der Waals surface area contributed by atoms with E-state index in [4.69, 9.17) is 4.74 Å². The summed E-state index contributed by atoms with van der Waals surface area (Å²) in [6.45, 7) is 5.70. The summed E-state index contributed by atoms with van der Waals surface area (Å²) in [5.74, 6) is 4.48. The molecule has 0 heterocycles. The van der Waals surface area contributed by atoms with Gasteiger partial charge in [-0.05, 0) is 32.8 Å². The van der Waals surface area contributed by atoms with E-state index < -0.39 is 5.97 Å². The molecule has 0 aromatic rings. The molecule has 0 aromatic carbocycles. The second kappa shape index (κ2) is 9.33. The number of hydrogen-bond acceptors (Lipinski definition) is 2. The predicted octanol–water partition coefficient (Wildman–Crippen LogP) is 3.08. The van der Waals surface area contributed by atoms with Crippen molar-refractivity contribution in [2.75, 3.05) is 0 Å². The lowest BCUT2D eigenvalue weighted by atomic mass is 10.1. The average Bonchev–Trinajstić information content (AvgIpc) is 2.18. The van der Waals surface area contributed by atoms with Crippen LogP contribution in [0.3, 0.4) is 0 Å². The Morgan fingerprint density at radius 2 is 2.20 bits per heavy atom. The highest BCUT2D eigenvalue weighted by Gasteiger charge is 2.08. The van der Waals surface area contributed by atoms with Gasteiger partial charge in [0.2, 0.25) is 0 Å². The monoisotopic (exact) mass is 208 g/mol. The molecule has 1 atom stereocenters. The Morgan fingerprint density at radius 3 is 2.73 bits per heavy atom. The van der Waals surface area contributed by atoms with Crippen molar-refractivity contribution < 1.29 is 9.53 Å². The van der Waals surface area contributed by atoms with Crippen LogP contribution < -0.4 is 0 Å². The van der Waals surface area contributed by atoms with Gasteiger partial charge in [0.15, 0.2) is 0 Å². The molecule has 0 aliphatic heterocycles. The summed E-state index contributed by atoms with van der Waals surface area (Å²) < 4.78 is 5.18. The number of carbonyl (C=O) groups is 1. The Balaban J connectivity index is 4.01. The second-order valence-electron chi connectivity index (χ2n) is 3.34. The lowest BCUT2D eigenvalue weighted by molar-refractivity contribution is -0.140. The van der Waals surface area contributed by atoms with Crippen molar-refractivity contribution in [1.82, 2.24) is 0 Å². The summed E-state index contributed by atoms with van der Waals surface area (Å²) in [5.41, 5.74) is 0. The summed E-state index contributed by atoms with van der Waals surface area (Å²) in [7, 11) is 0. The molecule has 84 valence electrons. The number of carbonyl (C=O) groups excluding carboxylic acids is 1. The largest absolute Gasteiger partial charge is 0.449 e. The number of rotatable bonds is 6. The fraction of sp³-hybridized carbons (Fsp3) is 0.615. The van der Waals surface area contributed by atoms with E-state index in [0.717, 1.165) is 12.8 Å². The molecule has 0 amide bonds. The van der Waals surface area contributed by atoms with Crippen LogP contribution in [-0.4, -0.2) is 12.1 Å². The van der Waals surface area contributed by atoms with Crippen LogP contribution in [0.1, 0.15) is 46.5 Å². The first-order chi connectivity index (χ1) is 7.24. The van der Waals surface area contributed by atoms with Crippen molar-refractivity contribution in [2.24, 2.45) is 0 Å². The maximum absolute atomic E-state index is 11.1. The SMILES string of the molecule is CC#CC(=O)O[C@H](/C=C/C)CCCCC. The Kier molecular flexibility index (Phi) is 8.56. The van der Waals surface area contributed by atoms with E-state index in [9.17, 15) is 4.79 Å². The first kappa shape index (κ1) is 13.8. The zero-order chi connectivity index (χ0) is 11.5. The molecule has 0 aliphatic carbocycles. The molecule has 0 aromatic heterocycles. The number of unbranched alkanes of at least 4 members (excludes halogenated alkanes) is 2. The fourth-order valence-electron chi connectivity index (χ4n) is 1.27. The van der Waals surface area contributed by atoms with Crippen molar-refractivity contribution in [1.29, 1.82) is 0 Å². The van der Waals surface area contributed by atoms with E-state index in [1.54, 1.807) is 6.92 Å².